The lowest BCUT2D eigenvalue weighted by atomic mass is 10.1. The van der Waals surface area contributed by atoms with Crippen LogP contribution in [0.5, 0.6) is 0 Å². The molecule has 0 aliphatic carbocycles. The molecule has 1 N–H and O–H groups in total. The minimum Gasteiger partial charge on any atom is -0.382 e. The molecule has 0 radical (unpaired) electrons. The SMILES string of the molecule is CC(C)C(C)Nc1ccc(Cl)cc1. The Morgan fingerprint density at radius 3 is 2.08 bits per heavy atom. The van der Waals surface area contributed by atoms with Gasteiger partial charge in [0.05, 0.1) is 0 Å². The van der Waals surface area contributed by atoms with E-state index in [1.807, 2.05) is 24.3 Å². The molecule has 1 rings (SSSR count). The molecule has 2 heteroatoms. The Bertz CT molecular complexity index is 253. The second-order valence-electron chi connectivity index (χ2n) is 3.68. The van der Waals surface area contributed by atoms with Gasteiger partial charge in [0, 0.05) is 16.8 Å². The summed E-state index contributed by atoms with van der Waals surface area (Å²) in [5.74, 6) is 0.635. The molecule has 0 amide bonds. The lowest BCUT2D eigenvalue weighted by Gasteiger charge is -2.18. The van der Waals surface area contributed by atoms with Crippen LogP contribution in [0.25, 0.3) is 0 Å². The minimum atomic E-state index is 0.487. The standard InChI is InChI=1S/C11H16ClN/c1-8(2)9(3)13-11-6-4-10(12)5-7-11/h4-9,13H,1-3H3. The van der Waals surface area contributed by atoms with Gasteiger partial charge in [-0.2, -0.15) is 0 Å². The van der Waals surface area contributed by atoms with Crippen LogP contribution in [-0.4, -0.2) is 6.04 Å². The Kier molecular flexibility index (Phi) is 3.61. The molecule has 0 fully saturated rings. The van der Waals surface area contributed by atoms with Gasteiger partial charge >= 0.3 is 0 Å². The van der Waals surface area contributed by atoms with Gasteiger partial charge < -0.3 is 5.32 Å². The molecule has 1 aromatic carbocycles. The Hall–Kier alpha value is -0.690. The first kappa shape index (κ1) is 10.4. The van der Waals surface area contributed by atoms with Gasteiger partial charge in [0.1, 0.15) is 0 Å². The monoisotopic (exact) mass is 197 g/mol. The van der Waals surface area contributed by atoms with Crippen molar-refractivity contribution in [3.63, 3.8) is 0 Å². The van der Waals surface area contributed by atoms with Gasteiger partial charge in [-0.15, -0.1) is 0 Å². The predicted molar refractivity (Wildman–Crippen MR) is 59.4 cm³/mol. The second kappa shape index (κ2) is 4.52. The van der Waals surface area contributed by atoms with Gasteiger partial charge in [0.15, 0.2) is 0 Å². The molecular formula is C11H16ClN. The van der Waals surface area contributed by atoms with Crippen LogP contribution in [0.3, 0.4) is 0 Å². The Morgan fingerprint density at radius 2 is 1.62 bits per heavy atom. The van der Waals surface area contributed by atoms with Crippen molar-refractivity contribution in [2.45, 2.75) is 26.8 Å². The first-order chi connectivity index (χ1) is 6.09. The van der Waals surface area contributed by atoms with E-state index in [0.29, 0.717) is 12.0 Å². The van der Waals surface area contributed by atoms with Crippen LogP contribution in [0, 0.1) is 5.92 Å². The van der Waals surface area contributed by atoms with Crippen LogP contribution >= 0.6 is 11.6 Å². The normalized spacial score (nSPS) is 13.0. The predicted octanol–water partition coefficient (Wildman–Crippen LogP) is 3.80. The third-order valence-electron chi connectivity index (χ3n) is 2.24. The highest BCUT2D eigenvalue weighted by atomic mass is 35.5. The molecule has 0 heterocycles. The van der Waals surface area contributed by atoms with Crippen LogP contribution in [0.1, 0.15) is 20.8 Å². The van der Waals surface area contributed by atoms with Crippen molar-refractivity contribution in [3.05, 3.63) is 29.3 Å². The fourth-order valence-corrected chi connectivity index (χ4v) is 1.10. The highest BCUT2D eigenvalue weighted by molar-refractivity contribution is 6.30. The molecule has 0 spiro atoms. The van der Waals surface area contributed by atoms with Crippen molar-refractivity contribution < 1.29 is 0 Å². The molecule has 0 aliphatic heterocycles. The van der Waals surface area contributed by atoms with Gasteiger partial charge in [0.25, 0.3) is 0 Å². The van der Waals surface area contributed by atoms with E-state index in [2.05, 4.69) is 26.1 Å². The Balaban J connectivity index is 2.59. The van der Waals surface area contributed by atoms with Crippen LogP contribution in [0.2, 0.25) is 5.02 Å². The van der Waals surface area contributed by atoms with Gasteiger partial charge in [-0.3, -0.25) is 0 Å². The third-order valence-corrected chi connectivity index (χ3v) is 2.49. The fraction of sp³-hybridized carbons (Fsp3) is 0.455. The molecule has 0 bridgehead atoms. The third kappa shape index (κ3) is 3.27. The molecule has 1 nitrogen and oxygen atoms in total. The topological polar surface area (TPSA) is 12.0 Å². The van der Waals surface area contributed by atoms with Gasteiger partial charge in [-0.05, 0) is 37.1 Å². The zero-order chi connectivity index (χ0) is 9.84. The summed E-state index contributed by atoms with van der Waals surface area (Å²) < 4.78 is 0. The fourth-order valence-electron chi connectivity index (χ4n) is 0.976. The van der Waals surface area contributed by atoms with Gasteiger partial charge in [-0.1, -0.05) is 25.4 Å². The molecule has 0 aliphatic rings. The molecule has 1 atom stereocenters. The van der Waals surface area contributed by atoms with Crippen LogP contribution in [0.15, 0.2) is 24.3 Å². The average molecular weight is 198 g/mol. The zero-order valence-corrected chi connectivity index (χ0v) is 9.10. The van der Waals surface area contributed by atoms with Crippen molar-refractivity contribution in [1.82, 2.24) is 0 Å². The zero-order valence-electron chi connectivity index (χ0n) is 8.34. The maximum Gasteiger partial charge on any atom is 0.0407 e. The smallest absolute Gasteiger partial charge is 0.0407 e. The van der Waals surface area contributed by atoms with E-state index in [9.17, 15) is 0 Å². The summed E-state index contributed by atoms with van der Waals surface area (Å²) in [6, 6.07) is 8.29. The summed E-state index contributed by atoms with van der Waals surface area (Å²) in [6.07, 6.45) is 0. The van der Waals surface area contributed by atoms with Gasteiger partial charge in [0.2, 0.25) is 0 Å². The maximum absolute atomic E-state index is 5.78. The lowest BCUT2D eigenvalue weighted by molar-refractivity contribution is 0.560. The molecule has 1 aromatic rings. The summed E-state index contributed by atoms with van der Waals surface area (Å²) in [6.45, 7) is 6.58. The molecule has 72 valence electrons. The van der Waals surface area contributed by atoms with E-state index in [4.69, 9.17) is 11.6 Å². The van der Waals surface area contributed by atoms with Crippen molar-refractivity contribution in [2.24, 2.45) is 5.92 Å². The summed E-state index contributed by atoms with van der Waals surface area (Å²) in [5, 5.41) is 4.19. The number of hydrogen-bond donors (Lipinski definition) is 1. The van der Waals surface area contributed by atoms with E-state index < -0.39 is 0 Å². The van der Waals surface area contributed by atoms with E-state index in [0.717, 1.165) is 10.7 Å². The number of rotatable bonds is 3. The summed E-state index contributed by atoms with van der Waals surface area (Å²) in [4.78, 5) is 0. The lowest BCUT2D eigenvalue weighted by Crippen LogP contribution is -2.21. The van der Waals surface area contributed by atoms with Crippen LogP contribution in [0.4, 0.5) is 5.69 Å². The van der Waals surface area contributed by atoms with Crippen LogP contribution < -0.4 is 5.32 Å². The van der Waals surface area contributed by atoms with Crippen LogP contribution in [-0.2, 0) is 0 Å². The number of benzene rings is 1. The highest BCUT2D eigenvalue weighted by Gasteiger charge is 2.05. The van der Waals surface area contributed by atoms with Gasteiger partial charge in [-0.25, -0.2) is 0 Å². The van der Waals surface area contributed by atoms with Crippen molar-refractivity contribution >= 4 is 17.3 Å². The van der Waals surface area contributed by atoms with Crippen molar-refractivity contribution in [2.75, 3.05) is 5.32 Å². The summed E-state index contributed by atoms with van der Waals surface area (Å²) in [7, 11) is 0. The summed E-state index contributed by atoms with van der Waals surface area (Å²) in [5.41, 5.74) is 1.13. The first-order valence-electron chi connectivity index (χ1n) is 4.61. The number of halogens is 1. The number of nitrogens with one attached hydrogen (secondary N) is 1. The largest absolute Gasteiger partial charge is 0.382 e. The first-order valence-corrected chi connectivity index (χ1v) is 4.99. The van der Waals surface area contributed by atoms with Crippen molar-refractivity contribution in [1.29, 1.82) is 0 Å². The summed E-state index contributed by atoms with van der Waals surface area (Å²) >= 11 is 5.78. The van der Waals surface area contributed by atoms with E-state index in [-0.39, 0.29) is 0 Å². The molecule has 1 unspecified atom stereocenters. The number of hydrogen-bond acceptors (Lipinski definition) is 1. The second-order valence-corrected chi connectivity index (χ2v) is 4.12. The maximum atomic E-state index is 5.78. The minimum absolute atomic E-state index is 0.487. The Morgan fingerprint density at radius 1 is 1.08 bits per heavy atom. The molecule has 13 heavy (non-hydrogen) atoms. The Labute approximate surface area is 85.1 Å². The van der Waals surface area contributed by atoms with Crippen molar-refractivity contribution in [3.8, 4) is 0 Å². The molecular weight excluding hydrogens is 182 g/mol. The van der Waals surface area contributed by atoms with E-state index >= 15 is 0 Å². The highest BCUT2D eigenvalue weighted by Crippen LogP contribution is 2.15. The molecule has 0 aromatic heterocycles. The molecule has 0 saturated heterocycles. The van der Waals surface area contributed by atoms with E-state index in [1.54, 1.807) is 0 Å². The quantitative estimate of drug-likeness (QED) is 0.778. The number of anilines is 1. The molecule has 0 saturated carbocycles. The average Bonchev–Trinajstić information content (AvgIpc) is 2.08. The van der Waals surface area contributed by atoms with E-state index in [1.165, 1.54) is 0 Å².